The molecule has 2 N–H and O–H groups in total. The standard InChI is InChI=1S/C19H35N5O.HI/c1-20-19(21-11-9-14-24-12-6-4-5-7-13-24)22-16-17(23(2)3)18-10-8-15-25-18;/h8,10,15,17H,4-7,9,11-14,16H2,1-3H3,(H2,20,21,22);1H. The minimum atomic E-state index is 0. The quantitative estimate of drug-likeness (QED) is 0.261. The molecule has 1 saturated heterocycles. The molecule has 1 atom stereocenters. The Morgan fingerprint density at radius 2 is 1.96 bits per heavy atom. The van der Waals surface area contributed by atoms with Crippen LogP contribution < -0.4 is 10.6 Å². The van der Waals surface area contributed by atoms with Crippen molar-refractivity contribution in [2.45, 2.75) is 38.1 Å². The first kappa shape index (κ1) is 23.2. The summed E-state index contributed by atoms with van der Waals surface area (Å²) in [5, 5.41) is 6.84. The molecule has 1 aliphatic rings. The molecule has 0 aliphatic carbocycles. The zero-order chi connectivity index (χ0) is 17.9. The van der Waals surface area contributed by atoms with Gasteiger partial charge in [-0.2, -0.15) is 0 Å². The SMILES string of the molecule is CN=C(NCCCN1CCCCCC1)NCC(c1ccco1)N(C)C.I. The first-order chi connectivity index (χ1) is 12.2. The number of rotatable bonds is 8. The average Bonchev–Trinajstić information content (AvgIpc) is 3.00. The Kier molecular flexibility index (Phi) is 12.0. The summed E-state index contributed by atoms with van der Waals surface area (Å²) >= 11 is 0. The van der Waals surface area contributed by atoms with E-state index < -0.39 is 0 Å². The van der Waals surface area contributed by atoms with Gasteiger partial charge < -0.3 is 20.0 Å². The van der Waals surface area contributed by atoms with Gasteiger partial charge in [0, 0.05) is 20.1 Å². The van der Waals surface area contributed by atoms with Gasteiger partial charge in [-0.05, 0) is 65.1 Å². The van der Waals surface area contributed by atoms with Crippen LogP contribution in [-0.4, -0.2) is 69.6 Å². The fourth-order valence-electron chi connectivity index (χ4n) is 3.30. The second-order valence-corrected chi connectivity index (χ2v) is 6.98. The van der Waals surface area contributed by atoms with Gasteiger partial charge in [-0.3, -0.25) is 9.89 Å². The fraction of sp³-hybridized carbons (Fsp3) is 0.737. The first-order valence-corrected chi connectivity index (χ1v) is 9.57. The molecule has 26 heavy (non-hydrogen) atoms. The summed E-state index contributed by atoms with van der Waals surface area (Å²) in [5.41, 5.74) is 0. The number of likely N-dealkylation sites (N-methyl/N-ethyl adjacent to an activating group) is 1. The van der Waals surface area contributed by atoms with Crippen LogP contribution in [0.4, 0.5) is 0 Å². The number of nitrogens with zero attached hydrogens (tertiary/aromatic N) is 3. The largest absolute Gasteiger partial charge is 0.468 e. The Morgan fingerprint density at radius 1 is 1.23 bits per heavy atom. The Bertz CT molecular complexity index is 484. The van der Waals surface area contributed by atoms with Gasteiger partial charge in [-0.15, -0.1) is 24.0 Å². The van der Waals surface area contributed by atoms with Crippen molar-refractivity contribution in [1.29, 1.82) is 0 Å². The number of hydrogen-bond donors (Lipinski definition) is 2. The zero-order valence-corrected chi connectivity index (χ0v) is 18.9. The lowest BCUT2D eigenvalue weighted by Crippen LogP contribution is -2.42. The van der Waals surface area contributed by atoms with Crippen LogP contribution in [0.15, 0.2) is 27.8 Å². The molecule has 0 spiro atoms. The number of likely N-dealkylation sites (tertiary alicyclic amines) is 1. The van der Waals surface area contributed by atoms with Crippen molar-refractivity contribution >= 4 is 29.9 Å². The zero-order valence-electron chi connectivity index (χ0n) is 16.5. The third kappa shape index (κ3) is 8.26. The molecule has 1 aliphatic heterocycles. The molecule has 2 rings (SSSR count). The topological polar surface area (TPSA) is 56.0 Å². The van der Waals surface area contributed by atoms with Gasteiger partial charge in [0.2, 0.25) is 0 Å². The average molecular weight is 477 g/mol. The molecule has 1 fully saturated rings. The third-order valence-corrected chi connectivity index (χ3v) is 4.82. The summed E-state index contributed by atoms with van der Waals surface area (Å²) in [7, 11) is 5.94. The molecular weight excluding hydrogens is 441 g/mol. The molecule has 0 radical (unpaired) electrons. The number of aliphatic imine (C=N–C) groups is 1. The fourth-order valence-corrected chi connectivity index (χ4v) is 3.30. The molecule has 0 amide bonds. The molecule has 1 unspecified atom stereocenters. The second-order valence-electron chi connectivity index (χ2n) is 6.98. The highest BCUT2D eigenvalue weighted by atomic mass is 127. The van der Waals surface area contributed by atoms with E-state index in [1.807, 2.05) is 19.2 Å². The van der Waals surface area contributed by atoms with Gasteiger partial charge in [-0.25, -0.2) is 0 Å². The van der Waals surface area contributed by atoms with E-state index in [2.05, 4.69) is 39.5 Å². The van der Waals surface area contributed by atoms with Crippen molar-refractivity contribution in [3.05, 3.63) is 24.2 Å². The van der Waals surface area contributed by atoms with Gasteiger partial charge >= 0.3 is 0 Å². The predicted octanol–water partition coefficient (Wildman–Crippen LogP) is 2.93. The van der Waals surface area contributed by atoms with Crippen molar-refractivity contribution in [3.63, 3.8) is 0 Å². The summed E-state index contributed by atoms with van der Waals surface area (Å²) in [4.78, 5) is 9.08. The normalized spacial score (nSPS) is 17.5. The van der Waals surface area contributed by atoms with Gasteiger partial charge in [0.25, 0.3) is 0 Å². The number of furan rings is 1. The van der Waals surface area contributed by atoms with E-state index in [4.69, 9.17) is 4.42 Å². The summed E-state index contributed by atoms with van der Waals surface area (Å²) in [6, 6.07) is 4.14. The maximum absolute atomic E-state index is 5.55. The van der Waals surface area contributed by atoms with Crippen molar-refractivity contribution < 1.29 is 4.42 Å². The third-order valence-electron chi connectivity index (χ3n) is 4.82. The Hall–Kier alpha value is -0.800. The Morgan fingerprint density at radius 3 is 2.54 bits per heavy atom. The van der Waals surface area contributed by atoms with E-state index >= 15 is 0 Å². The van der Waals surface area contributed by atoms with Gasteiger partial charge in [0.15, 0.2) is 5.96 Å². The first-order valence-electron chi connectivity index (χ1n) is 9.57. The van der Waals surface area contributed by atoms with Crippen molar-refractivity contribution in [1.82, 2.24) is 20.4 Å². The van der Waals surface area contributed by atoms with Crippen LogP contribution >= 0.6 is 24.0 Å². The number of hydrogen-bond acceptors (Lipinski definition) is 4. The molecule has 150 valence electrons. The molecular formula is C19H36IN5O. The molecule has 6 nitrogen and oxygen atoms in total. The van der Waals surface area contributed by atoms with Gasteiger partial charge in [0.05, 0.1) is 12.3 Å². The van der Waals surface area contributed by atoms with Crippen LogP contribution in [-0.2, 0) is 0 Å². The monoisotopic (exact) mass is 477 g/mol. The van der Waals surface area contributed by atoms with E-state index in [1.165, 1.54) is 45.3 Å². The van der Waals surface area contributed by atoms with E-state index in [1.54, 1.807) is 6.26 Å². The van der Waals surface area contributed by atoms with Crippen LogP contribution in [0.1, 0.15) is 43.9 Å². The van der Waals surface area contributed by atoms with E-state index in [-0.39, 0.29) is 30.0 Å². The summed E-state index contributed by atoms with van der Waals surface area (Å²) in [6.07, 6.45) is 8.38. The van der Waals surface area contributed by atoms with E-state index in [0.29, 0.717) is 0 Å². The lowest BCUT2D eigenvalue weighted by Gasteiger charge is -2.24. The van der Waals surface area contributed by atoms with Gasteiger partial charge in [-0.1, -0.05) is 12.8 Å². The van der Waals surface area contributed by atoms with Crippen LogP contribution in [0.25, 0.3) is 0 Å². The Balaban J connectivity index is 0.00000338. The highest BCUT2D eigenvalue weighted by Gasteiger charge is 2.17. The van der Waals surface area contributed by atoms with Crippen LogP contribution in [0, 0.1) is 0 Å². The van der Waals surface area contributed by atoms with Crippen LogP contribution in [0.3, 0.4) is 0 Å². The lowest BCUT2D eigenvalue weighted by molar-refractivity contribution is 0.258. The molecule has 0 aromatic carbocycles. The maximum Gasteiger partial charge on any atom is 0.191 e. The summed E-state index contributed by atoms with van der Waals surface area (Å²) in [6.45, 7) is 5.41. The van der Waals surface area contributed by atoms with E-state index in [9.17, 15) is 0 Å². The number of guanidine groups is 1. The minimum Gasteiger partial charge on any atom is -0.468 e. The minimum absolute atomic E-state index is 0. The molecule has 1 aromatic rings. The van der Waals surface area contributed by atoms with Crippen molar-refractivity contribution in [2.24, 2.45) is 4.99 Å². The van der Waals surface area contributed by atoms with Crippen LogP contribution in [0.2, 0.25) is 0 Å². The van der Waals surface area contributed by atoms with Gasteiger partial charge in [0.1, 0.15) is 5.76 Å². The van der Waals surface area contributed by atoms with Crippen molar-refractivity contribution in [2.75, 3.05) is 53.9 Å². The highest BCUT2D eigenvalue weighted by molar-refractivity contribution is 14.0. The second kappa shape index (κ2) is 13.4. The highest BCUT2D eigenvalue weighted by Crippen LogP contribution is 2.17. The molecule has 7 heteroatoms. The number of halogens is 1. The summed E-state index contributed by atoms with van der Waals surface area (Å²) in [5.74, 6) is 1.82. The lowest BCUT2D eigenvalue weighted by atomic mass is 10.2. The molecule has 0 bridgehead atoms. The molecule has 2 heterocycles. The molecule has 1 aromatic heterocycles. The Labute approximate surface area is 175 Å². The van der Waals surface area contributed by atoms with Crippen LogP contribution in [0.5, 0.6) is 0 Å². The van der Waals surface area contributed by atoms with Crippen molar-refractivity contribution in [3.8, 4) is 0 Å². The van der Waals surface area contributed by atoms with E-state index in [0.717, 1.165) is 31.2 Å². The predicted molar refractivity (Wildman–Crippen MR) is 119 cm³/mol. The summed E-state index contributed by atoms with van der Waals surface area (Å²) < 4.78 is 5.55. The number of nitrogens with one attached hydrogen (secondary N) is 2. The smallest absolute Gasteiger partial charge is 0.191 e. The molecule has 0 saturated carbocycles. The maximum atomic E-state index is 5.55.